The third-order valence-electron chi connectivity index (χ3n) is 5.53. The van der Waals surface area contributed by atoms with Gasteiger partial charge in [0.05, 0.1) is 12.8 Å². The largest absolute Gasteiger partial charge is 0.467 e. The third kappa shape index (κ3) is 6.60. The van der Waals surface area contributed by atoms with Gasteiger partial charge in [0.25, 0.3) is 0 Å². The van der Waals surface area contributed by atoms with Gasteiger partial charge in [-0.05, 0) is 42.8 Å². The van der Waals surface area contributed by atoms with Crippen LogP contribution in [0.15, 0.2) is 47.1 Å². The first kappa shape index (κ1) is 23.9. The summed E-state index contributed by atoms with van der Waals surface area (Å²) < 4.78 is 5.39. The van der Waals surface area contributed by atoms with Crippen molar-refractivity contribution in [3.8, 4) is 0 Å². The van der Waals surface area contributed by atoms with Gasteiger partial charge >= 0.3 is 0 Å². The molecular weight excluding hydrogens is 430 g/mol. The maximum Gasteiger partial charge on any atom is 0.248 e. The maximum atomic E-state index is 13.0. The lowest BCUT2D eigenvalue weighted by Crippen LogP contribution is -2.42. The Morgan fingerprint density at radius 1 is 1.09 bits per heavy atom. The van der Waals surface area contributed by atoms with Crippen molar-refractivity contribution in [1.29, 1.82) is 0 Å². The van der Waals surface area contributed by atoms with E-state index in [0.29, 0.717) is 22.9 Å². The zero-order chi connectivity index (χ0) is 22.9. The highest BCUT2D eigenvalue weighted by atomic mass is 35.5. The first-order valence-corrected chi connectivity index (χ1v) is 11.5. The number of carbonyl (C=O) groups excluding carboxylic acids is 3. The summed E-state index contributed by atoms with van der Waals surface area (Å²) in [6.07, 6.45) is 7.16. The van der Waals surface area contributed by atoms with E-state index in [2.05, 4.69) is 6.92 Å². The van der Waals surface area contributed by atoms with Crippen LogP contribution in [0.5, 0.6) is 0 Å². The summed E-state index contributed by atoms with van der Waals surface area (Å²) in [5.41, 5.74) is 0.685. The van der Waals surface area contributed by atoms with E-state index < -0.39 is 0 Å². The molecule has 0 saturated carbocycles. The van der Waals surface area contributed by atoms with Gasteiger partial charge in [-0.3, -0.25) is 19.3 Å². The lowest BCUT2D eigenvalue weighted by molar-refractivity contribution is -0.141. The molecule has 32 heavy (non-hydrogen) atoms. The molecule has 7 nitrogen and oxygen atoms in total. The molecule has 1 aromatic carbocycles. The second kappa shape index (κ2) is 11.7. The van der Waals surface area contributed by atoms with Gasteiger partial charge in [0.2, 0.25) is 17.7 Å². The van der Waals surface area contributed by atoms with Gasteiger partial charge in [-0.25, -0.2) is 0 Å². The number of benzene rings is 1. The number of rotatable bonds is 11. The van der Waals surface area contributed by atoms with E-state index in [1.165, 1.54) is 9.80 Å². The van der Waals surface area contributed by atoms with Crippen molar-refractivity contribution in [2.45, 2.75) is 52.0 Å². The van der Waals surface area contributed by atoms with Crippen LogP contribution in [0.4, 0.5) is 5.69 Å². The Hall–Kier alpha value is -2.80. The topological polar surface area (TPSA) is 74.1 Å². The zero-order valence-electron chi connectivity index (χ0n) is 18.5. The lowest BCUT2D eigenvalue weighted by Gasteiger charge is -2.24. The van der Waals surface area contributed by atoms with Crippen LogP contribution in [0, 0.1) is 0 Å². The zero-order valence-corrected chi connectivity index (χ0v) is 19.2. The van der Waals surface area contributed by atoms with Crippen molar-refractivity contribution in [3.05, 3.63) is 53.4 Å². The van der Waals surface area contributed by atoms with Crippen LogP contribution in [0.1, 0.15) is 51.2 Å². The van der Waals surface area contributed by atoms with Gasteiger partial charge in [0.1, 0.15) is 25.5 Å². The summed E-state index contributed by atoms with van der Waals surface area (Å²) in [5.74, 6) is 0.116. The number of unbranched alkanes of at least 4 members (excludes halogenated alkanes) is 4. The lowest BCUT2D eigenvalue weighted by atomic mass is 10.1. The van der Waals surface area contributed by atoms with Crippen LogP contribution < -0.4 is 4.90 Å². The van der Waals surface area contributed by atoms with E-state index in [4.69, 9.17) is 16.0 Å². The first-order chi connectivity index (χ1) is 15.5. The normalized spacial score (nSPS) is 13.6. The number of hydrogen-bond acceptors (Lipinski definition) is 4. The SMILES string of the molecule is CCCCCCCC(=O)N(CC(=O)N1CC(=O)N(c2ccc(Cl)cc2)C1)Cc1ccco1. The van der Waals surface area contributed by atoms with Gasteiger partial charge in [0, 0.05) is 17.1 Å². The molecule has 1 aliphatic rings. The number of nitrogens with zero attached hydrogens (tertiary/aromatic N) is 3. The fraction of sp³-hybridized carbons (Fsp3) is 0.458. The molecule has 1 fully saturated rings. The Balaban J connectivity index is 1.60. The molecule has 0 atom stereocenters. The van der Waals surface area contributed by atoms with Crippen LogP contribution >= 0.6 is 11.6 Å². The minimum Gasteiger partial charge on any atom is -0.467 e. The Morgan fingerprint density at radius 2 is 1.84 bits per heavy atom. The molecular formula is C24H30ClN3O4. The molecule has 0 aliphatic carbocycles. The number of furan rings is 1. The fourth-order valence-corrected chi connectivity index (χ4v) is 3.81. The molecule has 0 N–H and O–H groups in total. The molecule has 1 aromatic heterocycles. The Kier molecular flexibility index (Phi) is 8.73. The predicted octanol–water partition coefficient (Wildman–Crippen LogP) is 4.46. The van der Waals surface area contributed by atoms with Gasteiger partial charge < -0.3 is 14.2 Å². The highest BCUT2D eigenvalue weighted by Crippen LogP contribution is 2.22. The van der Waals surface area contributed by atoms with E-state index in [-0.39, 0.29) is 44.0 Å². The maximum absolute atomic E-state index is 13.0. The van der Waals surface area contributed by atoms with Gasteiger partial charge in [-0.1, -0.05) is 44.2 Å². The molecule has 0 radical (unpaired) electrons. The molecule has 3 rings (SSSR count). The molecule has 3 amide bonds. The van der Waals surface area contributed by atoms with Crippen LogP contribution in [-0.2, 0) is 20.9 Å². The first-order valence-electron chi connectivity index (χ1n) is 11.1. The fourth-order valence-electron chi connectivity index (χ4n) is 3.69. The van der Waals surface area contributed by atoms with E-state index in [0.717, 1.165) is 32.1 Å². The molecule has 8 heteroatoms. The second-order valence-electron chi connectivity index (χ2n) is 8.02. The molecule has 1 saturated heterocycles. The van der Waals surface area contributed by atoms with Crippen molar-refractivity contribution in [3.63, 3.8) is 0 Å². The third-order valence-corrected chi connectivity index (χ3v) is 5.78. The van der Waals surface area contributed by atoms with Crippen LogP contribution in [0.3, 0.4) is 0 Å². The molecule has 172 valence electrons. The van der Waals surface area contributed by atoms with Crippen molar-refractivity contribution in [2.75, 3.05) is 24.7 Å². The van der Waals surface area contributed by atoms with Gasteiger partial charge in [-0.2, -0.15) is 0 Å². The predicted molar refractivity (Wildman–Crippen MR) is 123 cm³/mol. The number of halogens is 1. The summed E-state index contributed by atoms with van der Waals surface area (Å²) in [6.45, 7) is 2.44. The average molecular weight is 460 g/mol. The number of anilines is 1. The molecule has 1 aliphatic heterocycles. The smallest absolute Gasteiger partial charge is 0.248 e. The molecule has 2 heterocycles. The second-order valence-corrected chi connectivity index (χ2v) is 8.46. The van der Waals surface area contributed by atoms with E-state index in [9.17, 15) is 14.4 Å². The van der Waals surface area contributed by atoms with Gasteiger partial charge in [0.15, 0.2) is 0 Å². The van der Waals surface area contributed by atoms with Crippen LogP contribution in [-0.4, -0.2) is 47.3 Å². The summed E-state index contributed by atoms with van der Waals surface area (Å²) in [7, 11) is 0. The highest BCUT2D eigenvalue weighted by molar-refractivity contribution is 6.30. The number of carbonyl (C=O) groups is 3. The Morgan fingerprint density at radius 3 is 2.53 bits per heavy atom. The monoisotopic (exact) mass is 459 g/mol. The van der Waals surface area contributed by atoms with Crippen molar-refractivity contribution in [1.82, 2.24) is 9.80 Å². The Labute approximate surface area is 193 Å². The standard InChI is InChI=1S/C24H30ClN3O4/c1-2-3-4-5-6-9-22(29)26(15-21-8-7-14-32-21)16-23(30)27-17-24(31)28(18-27)20-12-10-19(25)11-13-20/h7-8,10-14H,2-6,9,15-18H2,1H3. The summed E-state index contributed by atoms with van der Waals surface area (Å²) in [5, 5.41) is 0.579. The summed E-state index contributed by atoms with van der Waals surface area (Å²) in [4.78, 5) is 42.9. The minimum atomic E-state index is -0.263. The summed E-state index contributed by atoms with van der Waals surface area (Å²) >= 11 is 5.93. The van der Waals surface area contributed by atoms with E-state index in [1.54, 1.807) is 47.6 Å². The molecule has 0 spiro atoms. The van der Waals surface area contributed by atoms with Gasteiger partial charge in [-0.15, -0.1) is 0 Å². The molecule has 0 bridgehead atoms. The van der Waals surface area contributed by atoms with Crippen molar-refractivity contribution in [2.24, 2.45) is 0 Å². The summed E-state index contributed by atoms with van der Waals surface area (Å²) in [6, 6.07) is 10.5. The number of amides is 3. The van der Waals surface area contributed by atoms with E-state index in [1.807, 2.05) is 0 Å². The quantitative estimate of drug-likeness (QED) is 0.465. The average Bonchev–Trinajstić information content (AvgIpc) is 3.43. The highest BCUT2D eigenvalue weighted by Gasteiger charge is 2.33. The Bertz CT molecular complexity index is 898. The minimum absolute atomic E-state index is 0.0126. The van der Waals surface area contributed by atoms with Crippen LogP contribution in [0.2, 0.25) is 5.02 Å². The van der Waals surface area contributed by atoms with Crippen molar-refractivity contribution >= 4 is 35.0 Å². The molecule has 0 unspecified atom stereocenters. The van der Waals surface area contributed by atoms with Crippen LogP contribution in [0.25, 0.3) is 0 Å². The van der Waals surface area contributed by atoms with E-state index >= 15 is 0 Å². The molecule has 2 aromatic rings. The van der Waals surface area contributed by atoms with Crippen molar-refractivity contribution < 1.29 is 18.8 Å². The number of hydrogen-bond donors (Lipinski definition) is 0.